The molecule has 5 rings (SSSR count). The van der Waals surface area contributed by atoms with Gasteiger partial charge < -0.3 is 18.6 Å². The van der Waals surface area contributed by atoms with Crippen molar-refractivity contribution in [1.29, 1.82) is 0 Å². The molecule has 0 amide bonds. The lowest BCUT2D eigenvalue weighted by molar-refractivity contribution is -0.149. The van der Waals surface area contributed by atoms with Crippen molar-refractivity contribution >= 4 is 61.6 Å². The number of halogens is 2. The van der Waals surface area contributed by atoms with Crippen LogP contribution in [0.4, 0.5) is 0 Å². The molecular weight excluding hydrogens is 614 g/mol. The van der Waals surface area contributed by atoms with Crippen LogP contribution in [0.5, 0.6) is 11.5 Å². The zero-order chi connectivity index (χ0) is 29.1. The van der Waals surface area contributed by atoms with Gasteiger partial charge in [-0.1, -0.05) is 39.7 Å². The summed E-state index contributed by atoms with van der Waals surface area (Å²) >= 11 is 9.99. The zero-order valence-electron chi connectivity index (χ0n) is 22.4. The number of fused-ring (bicyclic) bond motifs is 2. The first-order valence-electron chi connectivity index (χ1n) is 12.8. The van der Waals surface area contributed by atoms with Crippen molar-refractivity contribution in [3.63, 3.8) is 0 Å². The fourth-order valence-corrected chi connectivity index (χ4v) is 4.79. The number of rotatable bonds is 9. The van der Waals surface area contributed by atoms with Gasteiger partial charge in [0, 0.05) is 9.86 Å². The van der Waals surface area contributed by atoms with Gasteiger partial charge in [-0.15, -0.1) is 0 Å². The Morgan fingerprint density at radius 3 is 2.73 bits per heavy atom. The van der Waals surface area contributed by atoms with E-state index in [4.69, 9.17) is 35.2 Å². The fraction of sp³-hybridized carbons (Fsp3) is 0.200. The Kier molecular flexibility index (Phi) is 8.41. The summed E-state index contributed by atoms with van der Waals surface area (Å²) in [6.07, 6.45) is 1.19. The molecule has 9 nitrogen and oxygen atoms in total. The largest absolute Gasteiger partial charge is 0.490 e. The Labute approximate surface area is 248 Å². The Bertz CT molecular complexity index is 1850. The summed E-state index contributed by atoms with van der Waals surface area (Å²) in [5, 5.41) is 5.92. The van der Waals surface area contributed by atoms with Crippen LogP contribution >= 0.6 is 27.5 Å². The van der Waals surface area contributed by atoms with Crippen LogP contribution in [0.3, 0.4) is 0 Å². The molecule has 0 bridgehead atoms. The van der Waals surface area contributed by atoms with Crippen molar-refractivity contribution in [1.82, 2.24) is 9.66 Å². The molecule has 2 aromatic heterocycles. The number of nitrogens with zero attached hydrogens (tertiary/aromatic N) is 3. The summed E-state index contributed by atoms with van der Waals surface area (Å²) < 4.78 is 24.6. The lowest BCUT2D eigenvalue weighted by Crippen LogP contribution is -2.20. The molecule has 0 radical (unpaired) electrons. The van der Waals surface area contributed by atoms with Gasteiger partial charge >= 0.3 is 5.97 Å². The maximum absolute atomic E-state index is 13.6. The van der Waals surface area contributed by atoms with Gasteiger partial charge in [0.25, 0.3) is 5.56 Å². The fourth-order valence-electron chi connectivity index (χ4n) is 4.13. The van der Waals surface area contributed by atoms with Gasteiger partial charge in [0.05, 0.1) is 34.9 Å². The quantitative estimate of drug-likeness (QED) is 0.129. The highest BCUT2D eigenvalue weighted by Gasteiger charge is 2.18. The number of hydrogen-bond acceptors (Lipinski definition) is 8. The lowest BCUT2D eigenvalue weighted by atomic mass is 10.2. The Morgan fingerprint density at radius 1 is 1.15 bits per heavy atom. The van der Waals surface area contributed by atoms with E-state index in [2.05, 4.69) is 21.0 Å². The van der Waals surface area contributed by atoms with Crippen LogP contribution in [0.15, 0.2) is 79.4 Å². The molecule has 0 saturated heterocycles. The van der Waals surface area contributed by atoms with Crippen LogP contribution in [0.1, 0.15) is 26.3 Å². The highest BCUT2D eigenvalue weighted by molar-refractivity contribution is 9.10. The second-order valence-electron chi connectivity index (χ2n) is 9.20. The number of carbonyl (C=O) groups is 1. The first-order valence-corrected chi connectivity index (χ1v) is 13.9. The van der Waals surface area contributed by atoms with Crippen molar-refractivity contribution in [2.45, 2.75) is 26.9 Å². The van der Waals surface area contributed by atoms with E-state index in [-0.39, 0.29) is 34.9 Å². The summed E-state index contributed by atoms with van der Waals surface area (Å²) in [6, 6.07) is 17.7. The maximum Gasteiger partial charge on any atom is 0.344 e. The normalized spacial score (nSPS) is 11.6. The zero-order valence-corrected chi connectivity index (χ0v) is 24.7. The van der Waals surface area contributed by atoms with Crippen molar-refractivity contribution in [3.05, 3.63) is 86.1 Å². The third-order valence-electron chi connectivity index (χ3n) is 5.81. The second kappa shape index (κ2) is 12.2. The van der Waals surface area contributed by atoms with Crippen LogP contribution in [-0.4, -0.2) is 41.2 Å². The molecular formula is C30H25BrClN3O6. The van der Waals surface area contributed by atoms with Crippen LogP contribution in [0, 0.1) is 0 Å². The Hall–Kier alpha value is -4.15. The van der Waals surface area contributed by atoms with Crippen LogP contribution < -0.4 is 15.0 Å². The molecule has 5 aromatic rings. The molecule has 41 heavy (non-hydrogen) atoms. The third kappa shape index (κ3) is 6.28. The molecule has 210 valence electrons. The predicted octanol–water partition coefficient (Wildman–Crippen LogP) is 6.84. The number of carbonyl (C=O) groups excluding carboxylic acids is 1. The van der Waals surface area contributed by atoms with E-state index >= 15 is 0 Å². The van der Waals surface area contributed by atoms with E-state index in [1.165, 1.54) is 10.9 Å². The van der Waals surface area contributed by atoms with E-state index in [1.54, 1.807) is 44.2 Å². The molecule has 0 aliphatic rings. The Balaban J connectivity index is 1.56. The van der Waals surface area contributed by atoms with Gasteiger partial charge in [-0.2, -0.15) is 9.78 Å². The monoisotopic (exact) mass is 637 g/mol. The summed E-state index contributed by atoms with van der Waals surface area (Å²) in [6.45, 7) is 5.30. The number of furan rings is 1. The van der Waals surface area contributed by atoms with E-state index < -0.39 is 5.97 Å². The summed E-state index contributed by atoms with van der Waals surface area (Å²) in [5.41, 5.74) is 1.31. The molecule has 0 aliphatic carbocycles. The number of para-hydroxylation sites is 1. The first kappa shape index (κ1) is 28.4. The van der Waals surface area contributed by atoms with E-state index in [0.717, 1.165) is 9.86 Å². The maximum atomic E-state index is 13.6. The van der Waals surface area contributed by atoms with Crippen molar-refractivity contribution < 1.29 is 23.4 Å². The van der Waals surface area contributed by atoms with E-state index in [0.29, 0.717) is 40.2 Å². The molecule has 0 spiro atoms. The number of esters is 1. The van der Waals surface area contributed by atoms with Gasteiger partial charge in [-0.25, -0.2) is 9.78 Å². The minimum atomic E-state index is -0.530. The number of ether oxygens (including phenoxy) is 3. The molecule has 0 saturated carbocycles. The minimum Gasteiger partial charge on any atom is -0.490 e. The smallest absolute Gasteiger partial charge is 0.344 e. The predicted molar refractivity (Wildman–Crippen MR) is 161 cm³/mol. The van der Waals surface area contributed by atoms with Crippen molar-refractivity contribution in [3.8, 4) is 23.1 Å². The summed E-state index contributed by atoms with van der Waals surface area (Å²) in [7, 11) is 0. The van der Waals surface area contributed by atoms with Gasteiger partial charge in [0.2, 0.25) is 5.82 Å². The highest BCUT2D eigenvalue weighted by Crippen LogP contribution is 2.36. The van der Waals surface area contributed by atoms with Crippen LogP contribution in [-0.2, 0) is 9.53 Å². The second-order valence-corrected chi connectivity index (χ2v) is 10.5. The number of aromatic nitrogens is 2. The van der Waals surface area contributed by atoms with E-state index in [9.17, 15) is 9.59 Å². The molecule has 0 fully saturated rings. The van der Waals surface area contributed by atoms with Crippen LogP contribution in [0.25, 0.3) is 33.5 Å². The van der Waals surface area contributed by atoms with Gasteiger partial charge in [-0.3, -0.25) is 4.79 Å². The van der Waals surface area contributed by atoms with E-state index in [1.807, 2.05) is 37.3 Å². The third-order valence-corrected chi connectivity index (χ3v) is 6.58. The average Bonchev–Trinajstić information content (AvgIpc) is 3.35. The molecule has 0 aliphatic heterocycles. The van der Waals surface area contributed by atoms with Gasteiger partial charge in [-0.05, 0) is 74.9 Å². The highest BCUT2D eigenvalue weighted by atomic mass is 79.9. The number of hydrogen-bond donors (Lipinski definition) is 0. The SMILES string of the molecule is CCOc1cc(C=Nn2c(-c3cc4cc(Br)ccc4o3)nc3ccccc3c2=O)cc(Cl)c1OCC(=O)OC(C)C. The summed E-state index contributed by atoms with van der Waals surface area (Å²) in [4.78, 5) is 30.3. The molecule has 11 heteroatoms. The molecule has 0 N–H and O–H groups in total. The Morgan fingerprint density at radius 2 is 1.95 bits per heavy atom. The summed E-state index contributed by atoms with van der Waals surface area (Å²) in [5.74, 6) is 0.592. The topological polar surface area (TPSA) is 105 Å². The molecule has 2 heterocycles. The molecule has 0 atom stereocenters. The number of benzene rings is 3. The van der Waals surface area contributed by atoms with Crippen LogP contribution in [0.2, 0.25) is 5.02 Å². The molecule has 0 unspecified atom stereocenters. The van der Waals surface area contributed by atoms with Gasteiger partial charge in [0.1, 0.15) is 5.58 Å². The minimum absolute atomic E-state index is 0.196. The molecule has 3 aromatic carbocycles. The van der Waals surface area contributed by atoms with Gasteiger partial charge in [0.15, 0.2) is 23.9 Å². The standard InChI is InChI=1S/C30H25BrClN3O6/c1-4-38-25-12-18(11-22(32)28(25)39-16-27(36)40-17(2)3)15-33-35-29(34-23-8-6-5-7-21(23)30(35)37)26-14-19-13-20(31)9-10-24(19)41-26/h5-15,17H,4,16H2,1-3H3. The van der Waals surface area contributed by atoms with Crippen molar-refractivity contribution in [2.75, 3.05) is 13.2 Å². The average molecular weight is 639 g/mol. The lowest BCUT2D eigenvalue weighted by Gasteiger charge is -2.15. The van der Waals surface area contributed by atoms with Crippen molar-refractivity contribution in [2.24, 2.45) is 5.10 Å². The first-order chi connectivity index (χ1) is 19.7.